The van der Waals surface area contributed by atoms with Gasteiger partial charge in [0, 0.05) is 13.2 Å². The molecule has 2 aliphatic rings. The van der Waals surface area contributed by atoms with E-state index in [-0.39, 0.29) is 24.2 Å². The zero-order valence-corrected chi connectivity index (χ0v) is 12.8. The van der Waals surface area contributed by atoms with E-state index in [1.165, 1.54) is 17.5 Å². The number of aryl methyl sites for hydroxylation is 1. The van der Waals surface area contributed by atoms with Gasteiger partial charge in [0.05, 0.1) is 12.1 Å². The van der Waals surface area contributed by atoms with E-state index in [1.54, 1.807) is 0 Å². The largest absolute Gasteiger partial charge is 0.376 e. The number of nitrogens with zero attached hydrogens (tertiary/aromatic N) is 1. The summed E-state index contributed by atoms with van der Waals surface area (Å²) < 4.78 is 5.82. The zero-order valence-electron chi connectivity index (χ0n) is 12.8. The second-order valence-electron chi connectivity index (χ2n) is 6.13. The van der Waals surface area contributed by atoms with Crippen LogP contribution in [-0.4, -0.2) is 36.1 Å². The van der Waals surface area contributed by atoms with Crippen molar-refractivity contribution < 1.29 is 9.53 Å². The highest BCUT2D eigenvalue weighted by atomic mass is 16.5. The molecule has 0 saturated carbocycles. The Labute approximate surface area is 126 Å². The van der Waals surface area contributed by atoms with Crippen LogP contribution in [0, 0.1) is 6.92 Å². The lowest BCUT2D eigenvalue weighted by Crippen LogP contribution is -2.39. The van der Waals surface area contributed by atoms with Crippen molar-refractivity contribution in [3.05, 3.63) is 35.4 Å². The third-order valence-corrected chi connectivity index (χ3v) is 4.53. The van der Waals surface area contributed by atoms with Crippen molar-refractivity contribution in [1.29, 1.82) is 0 Å². The van der Waals surface area contributed by atoms with Gasteiger partial charge in [0.2, 0.25) is 5.91 Å². The molecule has 21 heavy (non-hydrogen) atoms. The minimum Gasteiger partial charge on any atom is -0.376 e. The van der Waals surface area contributed by atoms with E-state index >= 15 is 0 Å². The molecule has 4 heteroatoms. The highest BCUT2D eigenvalue weighted by Crippen LogP contribution is 2.29. The van der Waals surface area contributed by atoms with E-state index in [0.717, 1.165) is 19.4 Å². The second kappa shape index (κ2) is 6.16. The van der Waals surface area contributed by atoms with Gasteiger partial charge in [0.1, 0.15) is 6.17 Å². The monoisotopic (exact) mass is 288 g/mol. The molecule has 0 spiro atoms. The van der Waals surface area contributed by atoms with E-state index in [9.17, 15) is 4.79 Å². The smallest absolute Gasteiger partial charge is 0.241 e. The van der Waals surface area contributed by atoms with Crippen LogP contribution in [0.5, 0.6) is 0 Å². The number of benzene rings is 1. The number of ether oxygens (including phenoxy) is 1. The molecule has 0 aliphatic carbocycles. The molecular weight excluding hydrogens is 264 g/mol. The van der Waals surface area contributed by atoms with Crippen LogP contribution in [0.25, 0.3) is 0 Å². The van der Waals surface area contributed by atoms with Crippen molar-refractivity contribution in [3.8, 4) is 0 Å². The predicted molar refractivity (Wildman–Crippen MR) is 81.8 cm³/mol. The highest BCUT2D eigenvalue weighted by Gasteiger charge is 2.38. The number of carbonyl (C=O) groups excluding carboxylic acids is 1. The Morgan fingerprint density at radius 2 is 2.14 bits per heavy atom. The average molecular weight is 288 g/mol. The van der Waals surface area contributed by atoms with Gasteiger partial charge < -0.3 is 9.64 Å². The summed E-state index contributed by atoms with van der Waals surface area (Å²) in [5.74, 6) is 0.178. The molecule has 1 aromatic rings. The van der Waals surface area contributed by atoms with Crippen molar-refractivity contribution in [2.75, 3.05) is 13.2 Å². The van der Waals surface area contributed by atoms with Crippen molar-refractivity contribution in [3.63, 3.8) is 0 Å². The minimum atomic E-state index is -0.127. The van der Waals surface area contributed by atoms with Gasteiger partial charge in [-0.1, -0.05) is 24.3 Å². The molecule has 2 saturated heterocycles. The van der Waals surface area contributed by atoms with E-state index in [2.05, 4.69) is 24.4 Å². The molecule has 2 fully saturated rings. The van der Waals surface area contributed by atoms with E-state index in [4.69, 9.17) is 4.74 Å². The molecule has 0 bridgehead atoms. The zero-order chi connectivity index (χ0) is 14.8. The van der Waals surface area contributed by atoms with Crippen LogP contribution < -0.4 is 5.32 Å². The number of rotatable bonds is 3. The summed E-state index contributed by atoms with van der Waals surface area (Å²) in [6.45, 7) is 5.55. The average Bonchev–Trinajstić information content (AvgIpc) is 2.77. The fourth-order valence-corrected chi connectivity index (χ4v) is 3.29. The molecule has 3 unspecified atom stereocenters. The molecule has 1 amide bonds. The predicted octanol–water partition coefficient (Wildman–Crippen LogP) is 2.38. The molecule has 114 valence electrons. The SMILES string of the molecule is Cc1ccccc1C1NC(C)C(=O)N1CC1CCCCO1. The number of hydrogen-bond donors (Lipinski definition) is 1. The normalized spacial score (nSPS) is 29.9. The fraction of sp³-hybridized carbons (Fsp3) is 0.588. The fourth-order valence-electron chi connectivity index (χ4n) is 3.29. The molecule has 0 aromatic heterocycles. The van der Waals surface area contributed by atoms with Gasteiger partial charge in [-0.2, -0.15) is 0 Å². The van der Waals surface area contributed by atoms with Crippen LogP contribution in [0.4, 0.5) is 0 Å². The summed E-state index contributed by atoms with van der Waals surface area (Å²) in [4.78, 5) is 14.4. The maximum atomic E-state index is 12.5. The second-order valence-corrected chi connectivity index (χ2v) is 6.13. The number of nitrogens with one attached hydrogen (secondary N) is 1. The first-order chi connectivity index (χ1) is 10.2. The Kier molecular flexibility index (Phi) is 4.27. The van der Waals surface area contributed by atoms with Gasteiger partial charge in [0.15, 0.2) is 0 Å². The van der Waals surface area contributed by atoms with Crippen molar-refractivity contribution >= 4 is 5.91 Å². The molecular formula is C17H24N2O2. The first-order valence-corrected chi connectivity index (χ1v) is 7.90. The Morgan fingerprint density at radius 3 is 2.86 bits per heavy atom. The number of amides is 1. The Bertz CT molecular complexity index is 511. The Balaban J connectivity index is 1.81. The standard InChI is InChI=1S/C17H24N2O2/c1-12-7-3-4-9-15(12)16-18-13(2)17(20)19(16)11-14-8-5-6-10-21-14/h3-4,7,9,13-14,16,18H,5-6,8,10-11H2,1-2H3. The first kappa shape index (κ1) is 14.5. The third kappa shape index (κ3) is 2.97. The summed E-state index contributed by atoms with van der Waals surface area (Å²) in [6.07, 6.45) is 3.55. The van der Waals surface area contributed by atoms with Gasteiger partial charge in [-0.15, -0.1) is 0 Å². The van der Waals surface area contributed by atoms with Crippen LogP contribution >= 0.6 is 0 Å². The Morgan fingerprint density at radius 1 is 1.33 bits per heavy atom. The van der Waals surface area contributed by atoms with Gasteiger partial charge in [-0.3, -0.25) is 10.1 Å². The lowest BCUT2D eigenvalue weighted by molar-refractivity contribution is -0.132. The summed E-state index contributed by atoms with van der Waals surface area (Å²) >= 11 is 0. The summed E-state index contributed by atoms with van der Waals surface area (Å²) in [6, 6.07) is 8.14. The maximum absolute atomic E-state index is 12.5. The topological polar surface area (TPSA) is 41.6 Å². The molecule has 2 aliphatic heterocycles. The van der Waals surface area contributed by atoms with Gasteiger partial charge >= 0.3 is 0 Å². The van der Waals surface area contributed by atoms with Crippen molar-refractivity contribution in [2.24, 2.45) is 0 Å². The quantitative estimate of drug-likeness (QED) is 0.928. The number of carbonyl (C=O) groups is 1. The molecule has 0 radical (unpaired) electrons. The van der Waals surface area contributed by atoms with Crippen LogP contribution in [0.15, 0.2) is 24.3 Å². The minimum absolute atomic E-state index is 0.0285. The molecule has 1 aromatic carbocycles. The van der Waals surface area contributed by atoms with Crippen molar-refractivity contribution in [2.45, 2.75) is 51.4 Å². The Hall–Kier alpha value is -1.39. The molecule has 3 atom stereocenters. The van der Waals surface area contributed by atoms with E-state index in [1.807, 2.05) is 24.0 Å². The molecule has 3 rings (SSSR count). The summed E-state index contributed by atoms with van der Waals surface area (Å²) in [5, 5.41) is 3.42. The maximum Gasteiger partial charge on any atom is 0.241 e. The van der Waals surface area contributed by atoms with Gasteiger partial charge in [0.25, 0.3) is 0 Å². The lowest BCUT2D eigenvalue weighted by Gasteiger charge is -2.31. The highest BCUT2D eigenvalue weighted by molar-refractivity contribution is 5.84. The third-order valence-electron chi connectivity index (χ3n) is 4.53. The molecule has 4 nitrogen and oxygen atoms in total. The molecule has 2 heterocycles. The lowest BCUT2D eigenvalue weighted by atomic mass is 10.0. The van der Waals surface area contributed by atoms with Crippen LogP contribution in [0.1, 0.15) is 43.5 Å². The van der Waals surface area contributed by atoms with Gasteiger partial charge in [-0.25, -0.2) is 0 Å². The number of hydrogen-bond acceptors (Lipinski definition) is 3. The van der Waals surface area contributed by atoms with E-state index in [0.29, 0.717) is 6.54 Å². The summed E-state index contributed by atoms with van der Waals surface area (Å²) in [5.41, 5.74) is 2.40. The molecule has 1 N–H and O–H groups in total. The van der Waals surface area contributed by atoms with Gasteiger partial charge in [-0.05, 0) is 44.2 Å². The van der Waals surface area contributed by atoms with Crippen LogP contribution in [0.3, 0.4) is 0 Å². The summed E-state index contributed by atoms with van der Waals surface area (Å²) in [7, 11) is 0. The van der Waals surface area contributed by atoms with Crippen LogP contribution in [-0.2, 0) is 9.53 Å². The first-order valence-electron chi connectivity index (χ1n) is 7.90. The van der Waals surface area contributed by atoms with Crippen molar-refractivity contribution in [1.82, 2.24) is 10.2 Å². The van der Waals surface area contributed by atoms with E-state index < -0.39 is 0 Å². The van der Waals surface area contributed by atoms with Crippen LogP contribution in [0.2, 0.25) is 0 Å².